The van der Waals surface area contributed by atoms with Crippen LogP contribution in [0.1, 0.15) is 16.7 Å². The monoisotopic (exact) mass is 349 g/mol. The Bertz CT molecular complexity index is 951. The van der Waals surface area contributed by atoms with E-state index in [1.165, 1.54) is 5.56 Å². The van der Waals surface area contributed by atoms with Crippen LogP contribution >= 0.6 is 0 Å². The highest BCUT2D eigenvalue weighted by Crippen LogP contribution is 2.34. The van der Waals surface area contributed by atoms with Crippen molar-refractivity contribution in [3.63, 3.8) is 0 Å². The Morgan fingerprint density at radius 2 is 1.69 bits per heavy atom. The molecule has 0 radical (unpaired) electrons. The summed E-state index contributed by atoms with van der Waals surface area (Å²) in [6, 6.07) is 9.84. The number of ether oxygens (including phenoxy) is 2. The summed E-state index contributed by atoms with van der Waals surface area (Å²) in [4.78, 5) is 4.49. The third-order valence-corrected chi connectivity index (χ3v) is 4.12. The van der Waals surface area contributed by atoms with E-state index in [-0.39, 0.29) is 6.79 Å². The number of nitrogens with one attached hydrogen (secondary N) is 2. The Balaban J connectivity index is 1.56. The van der Waals surface area contributed by atoms with Gasteiger partial charge in [0.2, 0.25) is 12.7 Å². The number of hydrogen-bond acceptors (Lipinski definition) is 7. The summed E-state index contributed by atoms with van der Waals surface area (Å²) in [6.07, 6.45) is 1.60. The largest absolute Gasteiger partial charge is 0.454 e. The van der Waals surface area contributed by atoms with Gasteiger partial charge < -0.3 is 20.1 Å². The lowest BCUT2D eigenvalue weighted by atomic mass is 10.1. The van der Waals surface area contributed by atoms with Gasteiger partial charge in [-0.1, -0.05) is 17.7 Å². The molecule has 0 saturated heterocycles. The van der Waals surface area contributed by atoms with Crippen LogP contribution in [0.5, 0.6) is 11.5 Å². The summed E-state index contributed by atoms with van der Waals surface area (Å²) in [6.45, 7) is 6.47. The van der Waals surface area contributed by atoms with Crippen LogP contribution in [0.15, 0.2) is 36.5 Å². The molecule has 2 heterocycles. The van der Waals surface area contributed by atoms with E-state index < -0.39 is 0 Å². The second-order valence-electron chi connectivity index (χ2n) is 6.26. The summed E-state index contributed by atoms with van der Waals surface area (Å²) >= 11 is 0. The van der Waals surface area contributed by atoms with Gasteiger partial charge in [-0.3, -0.25) is 0 Å². The number of anilines is 4. The lowest BCUT2D eigenvalue weighted by molar-refractivity contribution is 0.174. The van der Waals surface area contributed by atoms with Crippen molar-refractivity contribution in [3.8, 4) is 11.5 Å². The Kier molecular flexibility index (Phi) is 4.04. The van der Waals surface area contributed by atoms with E-state index in [0.717, 1.165) is 28.3 Å². The molecule has 0 amide bonds. The predicted octanol–water partition coefficient (Wildman–Crippen LogP) is 4.01. The van der Waals surface area contributed by atoms with Crippen LogP contribution in [0.25, 0.3) is 0 Å². The Morgan fingerprint density at radius 1 is 0.923 bits per heavy atom. The van der Waals surface area contributed by atoms with Crippen molar-refractivity contribution in [2.75, 3.05) is 17.4 Å². The zero-order chi connectivity index (χ0) is 18.1. The first-order valence-corrected chi connectivity index (χ1v) is 8.30. The van der Waals surface area contributed by atoms with E-state index in [9.17, 15) is 0 Å². The number of fused-ring (bicyclic) bond motifs is 1. The quantitative estimate of drug-likeness (QED) is 0.736. The Labute approximate surface area is 151 Å². The molecule has 0 saturated carbocycles. The fraction of sp³-hybridized carbons (Fsp3) is 0.211. The first kappa shape index (κ1) is 16.1. The van der Waals surface area contributed by atoms with Crippen molar-refractivity contribution in [3.05, 3.63) is 53.2 Å². The molecule has 0 aliphatic carbocycles. The lowest BCUT2D eigenvalue weighted by Crippen LogP contribution is -2.04. The van der Waals surface area contributed by atoms with Gasteiger partial charge in [0.25, 0.3) is 0 Å². The van der Waals surface area contributed by atoms with Crippen LogP contribution in [0.3, 0.4) is 0 Å². The number of aromatic nitrogens is 3. The number of hydrogen-bond donors (Lipinski definition) is 2. The first-order chi connectivity index (χ1) is 12.6. The molecule has 0 unspecified atom stereocenters. The molecule has 1 aliphatic heterocycles. The first-order valence-electron chi connectivity index (χ1n) is 8.30. The van der Waals surface area contributed by atoms with Gasteiger partial charge >= 0.3 is 0 Å². The van der Waals surface area contributed by atoms with E-state index in [1.807, 2.05) is 18.2 Å². The Hall–Kier alpha value is -3.35. The van der Waals surface area contributed by atoms with Gasteiger partial charge in [-0.05, 0) is 44.0 Å². The van der Waals surface area contributed by atoms with Gasteiger partial charge in [0, 0.05) is 17.4 Å². The van der Waals surface area contributed by atoms with Crippen LogP contribution < -0.4 is 20.1 Å². The van der Waals surface area contributed by atoms with Crippen molar-refractivity contribution < 1.29 is 9.47 Å². The minimum absolute atomic E-state index is 0.242. The molecule has 132 valence electrons. The summed E-state index contributed by atoms with van der Waals surface area (Å²) in [5.74, 6) is 2.45. The molecule has 2 aromatic carbocycles. The third-order valence-electron chi connectivity index (χ3n) is 4.12. The van der Waals surface area contributed by atoms with Gasteiger partial charge in [0.05, 0.1) is 6.20 Å². The van der Waals surface area contributed by atoms with Crippen molar-refractivity contribution in [2.24, 2.45) is 0 Å². The Morgan fingerprint density at radius 3 is 2.50 bits per heavy atom. The molecule has 0 spiro atoms. The summed E-state index contributed by atoms with van der Waals surface area (Å²) in [5.41, 5.74) is 5.38. The fourth-order valence-electron chi connectivity index (χ4n) is 3.03. The third kappa shape index (κ3) is 3.23. The molecule has 3 aromatic rings. The van der Waals surface area contributed by atoms with Crippen LogP contribution in [-0.4, -0.2) is 22.0 Å². The van der Waals surface area contributed by atoms with E-state index in [4.69, 9.17) is 9.47 Å². The van der Waals surface area contributed by atoms with E-state index in [2.05, 4.69) is 58.7 Å². The highest BCUT2D eigenvalue weighted by Gasteiger charge is 2.14. The average molecular weight is 349 g/mol. The van der Waals surface area contributed by atoms with Gasteiger partial charge in [-0.25, -0.2) is 0 Å². The van der Waals surface area contributed by atoms with Crippen molar-refractivity contribution in [1.29, 1.82) is 0 Å². The number of rotatable bonds is 4. The SMILES string of the molecule is Cc1cc(C)c(Nc2cnnc(Nc3ccc4c(c3)OCO4)n2)c(C)c1. The highest BCUT2D eigenvalue weighted by atomic mass is 16.7. The molecule has 0 bridgehead atoms. The standard InChI is InChI=1S/C19H19N5O2/c1-11-6-12(2)18(13(3)7-11)22-17-9-20-24-19(23-17)21-14-4-5-15-16(8-14)26-10-25-15/h4-9H,10H2,1-3H3,(H2,21,22,23,24). The second-order valence-corrected chi connectivity index (χ2v) is 6.26. The van der Waals surface area contributed by atoms with Crippen molar-refractivity contribution >= 4 is 23.1 Å². The highest BCUT2D eigenvalue weighted by molar-refractivity contribution is 5.66. The summed E-state index contributed by atoms with van der Waals surface area (Å²) < 4.78 is 10.7. The lowest BCUT2D eigenvalue weighted by Gasteiger charge is -2.13. The summed E-state index contributed by atoms with van der Waals surface area (Å²) in [5, 5.41) is 14.6. The molecule has 26 heavy (non-hydrogen) atoms. The molecular weight excluding hydrogens is 330 g/mol. The maximum Gasteiger partial charge on any atom is 0.249 e. The van der Waals surface area contributed by atoms with Gasteiger partial charge in [-0.2, -0.15) is 10.1 Å². The number of aryl methyl sites for hydroxylation is 3. The van der Waals surface area contributed by atoms with Gasteiger partial charge in [0.15, 0.2) is 17.3 Å². The maximum atomic E-state index is 5.38. The second kappa shape index (κ2) is 6.51. The number of nitrogens with zero attached hydrogens (tertiary/aromatic N) is 3. The van der Waals surface area contributed by atoms with Crippen molar-refractivity contribution in [2.45, 2.75) is 20.8 Å². The molecule has 7 nitrogen and oxygen atoms in total. The zero-order valence-electron chi connectivity index (χ0n) is 14.8. The zero-order valence-corrected chi connectivity index (χ0v) is 14.8. The van der Waals surface area contributed by atoms with Crippen LogP contribution in [0, 0.1) is 20.8 Å². The molecule has 2 N–H and O–H groups in total. The van der Waals surface area contributed by atoms with Gasteiger partial charge in [-0.15, -0.1) is 5.10 Å². The van der Waals surface area contributed by atoms with Gasteiger partial charge in [0.1, 0.15) is 0 Å². The van der Waals surface area contributed by atoms with Crippen molar-refractivity contribution in [1.82, 2.24) is 15.2 Å². The molecule has 1 aromatic heterocycles. The fourth-order valence-corrected chi connectivity index (χ4v) is 3.03. The molecule has 0 atom stereocenters. The van der Waals surface area contributed by atoms with Crippen LogP contribution in [-0.2, 0) is 0 Å². The van der Waals surface area contributed by atoms with E-state index in [1.54, 1.807) is 6.20 Å². The van der Waals surface area contributed by atoms with Crippen LogP contribution in [0.2, 0.25) is 0 Å². The molecule has 7 heteroatoms. The summed E-state index contributed by atoms with van der Waals surface area (Å²) in [7, 11) is 0. The molecular formula is C19H19N5O2. The van der Waals surface area contributed by atoms with Crippen LogP contribution in [0.4, 0.5) is 23.1 Å². The average Bonchev–Trinajstić information content (AvgIpc) is 3.06. The molecule has 0 fully saturated rings. The smallest absolute Gasteiger partial charge is 0.249 e. The molecule has 1 aliphatic rings. The topological polar surface area (TPSA) is 81.2 Å². The van der Waals surface area contributed by atoms with E-state index >= 15 is 0 Å². The minimum atomic E-state index is 0.242. The molecule has 4 rings (SSSR count). The minimum Gasteiger partial charge on any atom is -0.454 e. The predicted molar refractivity (Wildman–Crippen MR) is 99.6 cm³/mol. The number of benzene rings is 2. The maximum absolute atomic E-state index is 5.38. The van der Waals surface area contributed by atoms with E-state index in [0.29, 0.717) is 17.5 Å². The normalized spacial score (nSPS) is 12.1.